The van der Waals surface area contributed by atoms with Crippen molar-refractivity contribution in [3.05, 3.63) is 48.2 Å². The maximum absolute atomic E-state index is 13.7. The highest BCUT2D eigenvalue weighted by Gasteiger charge is 2.41. The molecule has 0 unspecified atom stereocenters. The van der Waals surface area contributed by atoms with Gasteiger partial charge >= 0.3 is 0 Å². The molecule has 1 aromatic carbocycles. The molecule has 1 saturated carbocycles. The number of H-pyrrole nitrogens is 1. The van der Waals surface area contributed by atoms with Crippen LogP contribution < -0.4 is 10.2 Å². The molecule has 1 amide bonds. The van der Waals surface area contributed by atoms with Gasteiger partial charge in [-0.15, -0.1) is 0 Å². The van der Waals surface area contributed by atoms with Crippen LogP contribution in [0.1, 0.15) is 70.4 Å². The largest absolute Gasteiger partial charge is 0.353 e. The molecule has 0 bridgehead atoms. The van der Waals surface area contributed by atoms with E-state index in [9.17, 15) is 9.18 Å². The van der Waals surface area contributed by atoms with Crippen molar-refractivity contribution in [3.8, 4) is 22.6 Å². The van der Waals surface area contributed by atoms with Gasteiger partial charge in [0.25, 0.3) is 0 Å². The Morgan fingerprint density at radius 3 is 2.42 bits per heavy atom. The van der Waals surface area contributed by atoms with Gasteiger partial charge in [0.05, 0.1) is 35.7 Å². The minimum atomic E-state index is -0.779. The molecular weight excluding hydrogens is 511 g/mol. The predicted molar refractivity (Wildman–Crippen MR) is 149 cm³/mol. The molecule has 3 fully saturated rings. The minimum Gasteiger partial charge on any atom is -0.353 e. The molecule has 6 rings (SSSR count). The molecule has 0 radical (unpaired) electrons. The molecule has 2 aromatic heterocycles. The van der Waals surface area contributed by atoms with Gasteiger partial charge in [-0.25, -0.2) is 19.3 Å². The maximum atomic E-state index is 13.7. The fraction of sp³-hybridized carbons (Fsp3) is 0.533. The zero-order chi connectivity index (χ0) is 27.5. The number of piperidine rings is 1. The Hall–Kier alpha value is -3.37. The Morgan fingerprint density at radius 2 is 1.70 bits per heavy atom. The number of nitrogens with zero attached hydrogens (tertiary/aromatic N) is 4. The van der Waals surface area contributed by atoms with Crippen LogP contribution in [0.5, 0.6) is 0 Å². The van der Waals surface area contributed by atoms with Crippen molar-refractivity contribution >= 4 is 11.9 Å². The lowest BCUT2D eigenvalue weighted by Gasteiger charge is -2.37. The normalized spacial score (nSPS) is 24.1. The van der Waals surface area contributed by atoms with Crippen molar-refractivity contribution in [1.29, 1.82) is 0 Å². The highest BCUT2D eigenvalue weighted by atomic mass is 19.1. The van der Waals surface area contributed by atoms with Gasteiger partial charge in [-0.1, -0.05) is 19.3 Å². The number of carbonyl (C=O) groups excluding carboxylic acids is 1. The fourth-order valence-electron chi connectivity index (χ4n) is 5.74. The predicted octanol–water partition coefficient (Wildman–Crippen LogP) is 5.16. The molecular formula is C30H37FN6O3. The van der Waals surface area contributed by atoms with Crippen LogP contribution in [0, 0.1) is 11.2 Å². The third-order valence-electron chi connectivity index (χ3n) is 8.20. The lowest BCUT2D eigenvalue weighted by Crippen LogP contribution is -2.51. The quantitative estimate of drug-likeness (QED) is 0.438. The molecule has 40 heavy (non-hydrogen) atoms. The third kappa shape index (κ3) is 5.74. The van der Waals surface area contributed by atoms with E-state index in [0.717, 1.165) is 57.2 Å². The molecule has 10 heteroatoms. The number of aromatic amines is 1. The summed E-state index contributed by atoms with van der Waals surface area (Å²) < 4.78 is 25.9. The highest BCUT2D eigenvalue weighted by molar-refractivity contribution is 5.83. The first-order valence-electron chi connectivity index (χ1n) is 14.5. The van der Waals surface area contributed by atoms with E-state index in [0.29, 0.717) is 28.9 Å². The van der Waals surface area contributed by atoms with Gasteiger partial charge in [0.1, 0.15) is 5.82 Å². The summed E-state index contributed by atoms with van der Waals surface area (Å²) in [5.74, 6) is 0.807. The monoisotopic (exact) mass is 548 g/mol. The molecule has 212 valence electrons. The summed E-state index contributed by atoms with van der Waals surface area (Å²) in [7, 11) is 0. The maximum Gasteiger partial charge on any atom is 0.230 e. The number of aromatic nitrogens is 4. The number of hydrogen-bond donors (Lipinski definition) is 2. The molecule has 3 aromatic rings. The molecule has 2 N–H and O–H groups in total. The first-order chi connectivity index (χ1) is 19.5. The first-order valence-corrected chi connectivity index (χ1v) is 14.5. The van der Waals surface area contributed by atoms with Crippen LogP contribution in [-0.2, 0) is 14.3 Å². The van der Waals surface area contributed by atoms with Crippen LogP contribution >= 0.6 is 0 Å². The number of rotatable bonds is 6. The molecule has 3 aliphatic rings. The lowest BCUT2D eigenvalue weighted by molar-refractivity contribution is -0.231. The molecule has 9 nitrogen and oxygen atoms in total. The number of benzene rings is 1. The molecule has 2 saturated heterocycles. The zero-order valence-corrected chi connectivity index (χ0v) is 23.0. The highest BCUT2D eigenvalue weighted by Crippen LogP contribution is 2.36. The molecule has 2 aliphatic heterocycles. The van der Waals surface area contributed by atoms with Gasteiger partial charge in [-0.2, -0.15) is 0 Å². The topological polar surface area (TPSA) is 105 Å². The zero-order valence-electron chi connectivity index (χ0n) is 23.0. The fourth-order valence-corrected chi connectivity index (χ4v) is 5.74. The van der Waals surface area contributed by atoms with Crippen LogP contribution in [0.2, 0.25) is 0 Å². The van der Waals surface area contributed by atoms with Crippen LogP contribution in [0.15, 0.2) is 36.5 Å². The Labute approximate surface area is 233 Å². The number of anilines is 1. The lowest BCUT2D eigenvalue weighted by atomic mass is 9.89. The Bertz CT molecular complexity index is 1310. The number of halogens is 1. The molecule has 1 aliphatic carbocycles. The van der Waals surface area contributed by atoms with Crippen molar-refractivity contribution < 1.29 is 18.7 Å². The minimum absolute atomic E-state index is 0.0313. The smallest absolute Gasteiger partial charge is 0.230 e. The Morgan fingerprint density at radius 1 is 1.00 bits per heavy atom. The Balaban J connectivity index is 1.24. The van der Waals surface area contributed by atoms with E-state index in [1.165, 1.54) is 25.0 Å². The van der Waals surface area contributed by atoms with Crippen LogP contribution in [0.3, 0.4) is 0 Å². The van der Waals surface area contributed by atoms with Gasteiger partial charge in [0.2, 0.25) is 18.1 Å². The Kier molecular flexibility index (Phi) is 7.80. The molecule has 4 heterocycles. The summed E-state index contributed by atoms with van der Waals surface area (Å²) in [5.41, 5.74) is 1.94. The average molecular weight is 549 g/mol. The van der Waals surface area contributed by atoms with Crippen molar-refractivity contribution in [2.45, 2.75) is 70.6 Å². The third-order valence-corrected chi connectivity index (χ3v) is 8.20. The summed E-state index contributed by atoms with van der Waals surface area (Å²) in [6.45, 7) is 4.16. The summed E-state index contributed by atoms with van der Waals surface area (Å²) in [6.07, 6.45) is 10.0. The number of carbonyl (C=O) groups is 1. The number of imidazole rings is 1. The van der Waals surface area contributed by atoms with E-state index in [1.54, 1.807) is 18.3 Å². The van der Waals surface area contributed by atoms with Crippen molar-refractivity contribution in [3.63, 3.8) is 0 Å². The van der Waals surface area contributed by atoms with Crippen molar-refractivity contribution in [2.75, 3.05) is 31.2 Å². The first kappa shape index (κ1) is 26.8. The number of nitrogens with one attached hydrogen (secondary N) is 2. The van der Waals surface area contributed by atoms with E-state index >= 15 is 0 Å². The standard InChI is InChI=1S/C30H37FN6O3/c1-30(28(38)33-22-8-4-2-5-9-22)18-39-27(40-19-30)26-35-24(20-10-12-21(31)13-11-20)25(36-26)23-14-15-32-29(34-23)37-16-6-3-7-17-37/h10-15,22,27H,2-9,16-19H2,1H3,(H,33,38)(H,35,36). The van der Waals surface area contributed by atoms with Gasteiger partial charge in [0, 0.05) is 30.9 Å². The van der Waals surface area contributed by atoms with E-state index in [2.05, 4.69) is 20.2 Å². The summed E-state index contributed by atoms with van der Waals surface area (Å²) in [4.78, 5) is 32.9. The van der Waals surface area contributed by atoms with Gasteiger partial charge < -0.3 is 24.7 Å². The van der Waals surface area contributed by atoms with Crippen molar-refractivity contribution in [1.82, 2.24) is 25.3 Å². The second-order valence-electron chi connectivity index (χ2n) is 11.5. The average Bonchev–Trinajstić information content (AvgIpc) is 3.44. The summed E-state index contributed by atoms with van der Waals surface area (Å²) in [6, 6.07) is 8.28. The number of amides is 1. The van der Waals surface area contributed by atoms with E-state index in [-0.39, 0.29) is 31.0 Å². The number of ether oxygens (including phenoxy) is 2. The number of hydrogen-bond acceptors (Lipinski definition) is 7. The SMILES string of the molecule is CC1(C(=O)NC2CCCCC2)COC(c2nc(-c3ccc(F)cc3)c(-c3ccnc(N4CCCCC4)n3)[nH]2)OC1. The van der Waals surface area contributed by atoms with Gasteiger partial charge in [-0.05, 0) is 69.4 Å². The van der Waals surface area contributed by atoms with Crippen molar-refractivity contribution in [2.24, 2.45) is 5.41 Å². The van der Waals surface area contributed by atoms with E-state index in [4.69, 9.17) is 19.4 Å². The summed E-state index contributed by atoms with van der Waals surface area (Å²) >= 11 is 0. The van der Waals surface area contributed by atoms with E-state index < -0.39 is 11.7 Å². The summed E-state index contributed by atoms with van der Waals surface area (Å²) in [5, 5.41) is 3.21. The second-order valence-corrected chi connectivity index (χ2v) is 11.5. The molecule has 0 atom stereocenters. The molecule has 0 spiro atoms. The van der Waals surface area contributed by atoms with Crippen LogP contribution in [0.4, 0.5) is 10.3 Å². The van der Waals surface area contributed by atoms with Gasteiger partial charge in [0.15, 0.2) is 5.82 Å². The van der Waals surface area contributed by atoms with E-state index in [1.807, 2.05) is 13.0 Å². The van der Waals surface area contributed by atoms with Crippen LogP contribution in [-0.4, -0.2) is 58.2 Å². The second kappa shape index (κ2) is 11.6. The van der Waals surface area contributed by atoms with Gasteiger partial charge in [-0.3, -0.25) is 4.79 Å². The van der Waals surface area contributed by atoms with Crippen LogP contribution in [0.25, 0.3) is 22.6 Å².